The number of alkyl halides is 3. The molecule has 29 heavy (non-hydrogen) atoms. The Bertz CT molecular complexity index is 898. The van der Waals surface area contributed by atoms with Gasteiger partial charge in [-0.15, -0.1) is 0 Å². The van der Waals surface area contributed by atoms with Crippen molar-refractivity contribution in [2.45, 2.75) is 6.18 Å². The number of carboxylic acid groups (broad SMARTS) is 1. The molecule has 2 heterocycles. The van der Waals surface area contributed by atoms with Crippen molar-refractivity contribution < 1.29 is 27.8 Å². The minimum atomic E-state index is -4.42. The van der Waals surface area contributed by atoms with Crippen molar-refractivity contribution in [3.63, 3.8) is 0 Å². The number of carboxylic acids is 1. The topological polar surface area (TPSA) is 62.7 Å². The Kier molecular flexibility index (Phi) is 6.33. The molecule has 1 fully saturated rings. The molecule has 152 valence electrons. The second-order valence-corrected chi connectivity index (χ2v) is 6.36. The number of aromatic nitrogens is 1. The number of benzene rings is 1. The number of carbonyl (C=O) groups is 1. The number of ether oxygens (including phenoxy) is 1. The molecule has 0 amide bonds. The van der Waals surface area contributed by atoms with Gasteiger partial charge in [-0.25, -0.2) is 9.78 Å². The fraction of sp³-hybridized carbons (Fsp3) is 0.238. The first-order valence-corrected chi connectivity index (χ1v) is 8.92. The number of halogens is 3. The molecule has 1 saturated heterocycles. The normalized spacial score (nSPS) is 15.7. The maximum Gasteiger partial charge on any atom is 0.416 e. The molecule has 0 saturated carbocycles. The van der Waals surface area contributed by atoms with Crippen LogP contribution >= 0.6 is 0 Å². The molecule has 1 aliphatic rings. The molecule has 5 nitrogen and oxygen atoms in total. The van der Waals surface area contributed by atoms with Gasteiger partial charge in [0.2, 0.25) is 0 Å². The van der Waals surface area contributed by atoms with Crippen LogP contribution in [0.15, 0.2) is 60.8 Å². The smallest absolute Gasteiger partial charge is 0.416 e. The maximum atomic E-state index is 12.8. The van der Waals surface area contributed by atoms with E-state index in [1.165, 1.54) is 18.2 Å². The third kappa shape index (κ3) is 5.45. The van der Waals surface area contributed by atoms with Crippen LogP contribution in [0.4, 0.5) is 19.0 Å². The lowest BCUT2D eigenvalue weighted by Gasteiger charge is -2.27. The van der Waals surface area contributed by atoms with Crippen LogP contribution in [-0.2, 0) is 15.7 Å². The largest absolute Gasteiger partial charge is 0.478 e. The molecular formula is C21H19F3N2O3. The zero-order valence-corrected chi connectivity index (χ0v) is 15.4. The third-order valence-electron chi connectivity index (χ3n) is 4.42. The first-order chi connectivity index (χ1) is 13.8. The van der Waals surface area contributed by atoms with E-state index in [0.717, 1.165) is 37.1 Å². The number of hydrogen-bond acceptors (Lipinski definition) is 4. The van der Waals surface area contributed by atoms with Gasteiger partial charge in [-0.1, -0.05) is 24.3 Å². The highest BCUT2D eigenvalue weighted by Gasteiger charge is 2.30. The lowest BCUT2D eigenvalue weighted by molar-refractivity contribution is -0.137. The van der Waals surface area contributed by atoms with E-state index in [-0.39, 0.29) is 0 Å². The molecule has 0 atom stereocenters. The molecule has 0 radical (unpaired) electrons. The predicted octanol–water partition coefficient (Wildman–Crippen LogP) is 4.01. The van der Waals surface area contributed by atoms with Crippen LogP contribution < -0.4 is 4.90 Å². The lowest BCUT2D eigenvalue weighted by atomic mass is 9.97. The van der Waals surface area contributed by atoms with Crippen molar-refractivity contribution in [3.05, 3.63) is 77.5 Å². The van der Waals surface area contributed by atoms with E-state index >= 15 is 0 Å². The van der Waals surface area contributed by atoms with Gasteiger partial charge >= 0.3 is 12.1 Å². The Morgan fingerprint density at radius 1 is 1.07 bits per heavy atom. The summed E-state index contributed by atoms with van der Waals surface area (Å²) >= 11 is 0. The summed E-state index contributed by atoms with van der Waals surface area (Å²) in [7, 11) is 0. The SMILES string of the molecule is O=C(O)/C=C/C=C(\c1ccc(C(F)(F)F)cc1)c1ccc(N2CCOCC2)nc1. The van der Waals surface area contributed by atoms with E-state index in [9.17, 15) is 18.0 Å². The summed E-state index contributed by atoms with van der Waals surface area (Å²) in [5.74, 6) is -0.335. The van der Waals surface area contributed by atoms with Gasteiger partial charge in [-0.05, 0) is 35.4 Å². The molecule has 1 aliphatic heterocycles. The van der Waals surface area contributed by atoms with Gasteiger partial charge in [0.25, 0.3) is 0 Å². The van der Waals surface area contributed by atoms with Gasteiger partial charge in [0.15, 0.2) is 0 Å². The van der Waals surface area contributed by atoms with Gasteiger partial charge < -0.3 is 14.7 Å². The van der Waals surface area contributed by atoms with Crippen molar-refractivity contribution >= 4 is 17.4 Å². The van der Waals surface area contributed by atoms with Crippen molar-refractivity contribution in [1.29, 1.82) is 0 Å². The van der Waals surface area contributed by atoms with E-state index in [1.807, 2.05) is 12.1 Å². The average molecular weight is 404 g/mol. The minimum Gasteiger partial charge on any atom is -0.478 e. The summed E-state index contributed by atoms with van der Waals surface area (Å²) in [6.07, 6.45) is 1.04. The molecule has 0 unspecified atom stereocenters. The molecule has 0 spiro atoms. The zero-order valence-electron chi connectivity index (χ0n) is 15.4. The number of allylic oxidation sites excluding steroid dienone is 2. The van der Waals surface area contributed by atoms with Crippen LogP contribution in [0, 0.1) is 0 Å². The van der Waals surface area contributed by atoms with Crippen LogP contribution in [0.1, 0.15) is 16.7 Å². The van der Waals surface area contributed by atoms with E-state index < -0.39 is 17.7 Å². The molecule has 1 aromatic carbocycles. The summed E-state index contributed by atoms with van der Waals surface area (Å²) in [4.78, 5) is 17.3. The van der Waals surface area contributed by atoms with Crippen molar-refractivity contribution in [2.24, 2.45) is 0 Å². The zero-order chi connectivity index (χ0) is 20.9. The maximum absolute atomic E-state index is 12.8. The quantitative estimate of drug-likeness (QED) is 0.603. The number of rotatable bonds is 5. The van der Waals surface area contributed by atoms with Gasteiger partial charge in [-0.3, -0.25) is 0 Å². The Hall–Kier alpha value is -3.13. The first kappa shape index (κ1) is 20.6. The Balaban J connectivity index is 1.92. The molecule has 0 aliphatic carbocycles. The van der Waals surface area contributed by atoms with Crippen LogP contribution in [0.3, 0.4) is 0 Å². The van der Waals surface area contributed by atoms with Crippen molar-refractivity contribution in [2.75, 3.05) is 31.2 Å². The molecule has 2 aromatic rings. The number of pyridine rings is 1. The van der Waals surface area contributed by atoms with Crippen LogP contribution in [0.5, 0.6) is 0 Å². The molecule has 0 bridgehead atoms. The fourth-order valence-corrected chi connectivity index (χ4v) is 2.95. The lowest BCUT2D eigenvalue weighted by Crippen LogP contribution is -2.36. The van der Waals surface area contributed by atoms with Crippen molar-refractivity contribution in [3.8, 4) is 0 Å². The molecule has 8 heteroatoms. The summed E-state index contributed by atoms with van der Waals surface area (Å²) < 4.78 is 43.8. The highest BCUT2D eigenvalue weighted by Crippen LogP contribution is 2.31. The molecule has 1 N–H and O–H groups in total. The summed E-state index contributed by atoms with van der Waals surface area (Å²) in [5, 5.41) is 8.80. The van der Waals surface area contributed by atoms with Crippen molar-refractivity contribution in [1.82, 2.24) is 4.98 Å². The van der Waals surface area contributed by atoms with Gasteiger partial charge in [-0.2, -0.15) is 13.2 Å². The van der Waals surface area contributed by atoms with Crippen LogP contribution in [0.25, 0.3) is 5.57 Å². The van der Waals surface area contributed by atoms with Crippen LogP contribution in [-0.4, -0.2) is 42.4 Å². The number of hydrogen-bond donors (Lipinski definition) is 1. The second kappa shape index (κ2) is 8.91. The molecular weight excluding hydrogens is 385 g/mol. The van der Waals surface area contributed by atoms with E-state index in [0.29, 0.717) is 29.9 Å². The van der Waals surface area contributed by atoms with E-state index in [4.69, 9.17) is 9.84 Å². The third-order valence-corrected chi connectivity index (χ3v) is 4.42. The molecule has 1 aromatic heterocycles. The van der Waals surface area contributed by atoms with Gasteiger partial charge in [0.1, 0.15) is 5.82 Å². The number of aliphatic carboxylic acids is 1. The first-order valence-electron chi connectivity index (χ1n) is 8.92. The highest BCUT2D eigenvalue weighted by atomic mass is 19.4. The highest BCUT2D eigenvalue weighted by molar-refractivity contribution is 5.84. The summed E-state index contributed by atoms with van der Waals surface area (Å²) in [5.41, 5.74) is 1.01. The Labute approximate surface area is 165 Å². The average Bonchev–Trinajstić information content (AvgIpc) is 2.71. The van der Waals surface area contributed by atoms with Gasteiger partial charge in [0.05, 0.1) is 18.8 Å². The van der Waals surface area contributed by atoms with E-state index in [1.54, 1.807) is 12.3 Å². The van der Waals surface area contributed by atoms with E-state index in [2.05, 4.69) is 9.88 Å². The summed E-state index contributed by atoms with van der Waals surface area (Å²) in [6, 6.07) is 8.37. The number of morpholine rings is 1. The minimum absolute atomic E-state index is 0.522. The number of nitrogens with zero attached hydrogens (tertiary/aromatic N) is 2. The predicted molar refractivity (Wildman–Crippen MR) is 103 cm³/mol. The monoisotopic (exact) mass is 404 g/mol. The number of anilines is 1. The second-order valence-electron chi connectivity index (χ2n) is 6.36. The summed E-state index contributed by atoms with van der Waals surface area (Å²) in [6.45, 7) is 2.71. The Morgan fingerprint density at radius 3 is 2.28 bits per heavy atom. The molecule has 3 rings (SSSR count). The standard InChI is InChI=1S/C21H19F3N2O3/c22-21(23,24)17-7-4-15(5-8-17)18(2-1-3-20(27)28)16-6-9-19(25-14-16)26-10-12-29-13-11-26/h1-9,14H,10-13H2,(H,27,28)/b3-1+,18-2+. The Morgan fingerprint density at radius 2 is 1.72 bits per heavy atom. The fourth-order valence-electron chi connectivity index (χ4n) is 2.95. The van der Waals surface area contributed by atoms with Crippen LogP contribution in [0.2, 0.25) is 0 Å². The van der Waals surface area contributed by atoms with Gasteiger partial charge in [0, 0.05) is 30.9 Å².